The van der Waals surface area contributed by atoms with Crippen LogP contribution in [0.2, 0.25) is 0 Å². The van der Waals surface area contributed by atoms with Crippen molar-refractivity contribution in [2.75, 3.05) is 31.4 Å². The van der Waals surface area contributed by atoms with E-state index in [9.17, 15) is 0 Å². The summed E-state index contributed by atoms with van der Waals surface area (Å²) in [6, 6.07) is 7.18. The monoisotopic (exact) mass is 448 g/mol. The number of aromatic nitrogens is 3. The topological polar surface area (TPSA) is 78.1 Å². The molecule has 0 amide bonds. The number of nitrogens with zero attached hydrogens (tertiary/aromatic N) is 3. The van der Waals surface area contributed by atoms with Gasteiger partial charge >= 0.3 is 0 Å². The fourth-order valence-corrected chi connectivity index (χ4v) is 5.32. The standard InChI is InChI=1S/C26H36N6O/c1-32(2)25-21-6-4-5-7-24(21)30-26(31-25)29-19-10-8-18(9-11-19)27-15-17-16-28-23-13-12-20(33-3)14-22(17)23/h12-14,16,18-19,27-28H,4-11,15H2,1-3H3,(H,29,30,31)/t18-,19+. The Morgan fingerprint density at radius 3 is 2.64 bits per heavy atom. The second-order valence-electron chi connectivity index (χ2n) is 9.70. The van der Waals surface area contributed by atoms with Crippen LogP contribution in [0.4, 0.5) is 11.8 Å². The quantitative estimate of drug-likeness (QED) is 0.497. The first-order valence-corrected chi connectivity index (χ1v) is 12.3. The SMILES string of the molecule is COc1ccc2[nH]cc(CN[C@H]3CC[C@@H](Nc4nc5c(c(N(C)C)n4)CCCC5)CC3)c2c1. The number of aryl methyl sites for hydroxylation is 1. The van der Waals surface area contributed by atoms with Gasteiger partial charge in [0.1, 0.15) is 11.6 Å². The van der Waals surface area contributed by atoms with Crippen LogP contribution in [0, 0.1) is 0 Å². The summed E-state index contributed by atoms with van der Waals surface area (Å²) in [6.07, 6.45) is 11.4. The lowest BCUT2D eigenvalue weighted by molar-refractivity contribution is 0.352. The van der Waals surface area contributed by atoms with Gasteiger partial charge in [0.05, 0.1) is 12.8 Å². The van der Waals surface area contributed by atoms with E-state index in [4.69, 9.17) is 14.7 Å². The number of ether oxygens (including phenoxy) is 1. The van der Waals surface area contributed by atoms with Crippen molar-refractivity contribution in [3.05, 3.63) is 41.2 Å². The number of rotatable bonds is 7. The number of methoxy groups -OCH3 is 1. The third-order valence-electron chi connectivity index (χ3n) is 7.20. The van der Waals surface area contributed by atoms with Gasteiger partial charge in [0.25, 0.3) is 0 Å². The zero-order valence-electron chi connectivity index (χ0n) is 20.1. The van der Waals surface area contributed by atoms with Crippen LogP contribution in [-0.2, 0) is 19.4 Å². The van der Waals surface area contributed by atoms with Gasteiger partial charge in [0.2, 0.25) is 5.95 Å². The summed E-state index contributed by atoms with van der Waals surface area (Å²) < 4.78 is 5.40. The van der Waals surface area contributed by atoms with Crippen LogP contribution in [0.3, 0.4) is 0 Å². The van der Waals surface area contributed by atoms with E-state index in [1.165, 1.54) is 35.0 Å². The molecule has 1 fully saturated rings. The number of hydrogen-bond acceptors (Lipinski definition) is 6. The number of aromatic amines is 1. The van der Waals surface area contributed by atoms with Crippen molar-refractivity contribution in [2.24, 2.45) is 0 Å². The van der Waals surface area contributed by atoms with Crippen LogP contribution >= 0.6 is 0 Å². The summed E-state index contributed by atoms with van der Waals surface area (Å²) in [4.78, 5) is 15.3. The summed E-state index contributed by atoms with van der Waals surface area (Å²) in [5.74, 6) is 2.80. The summed E-state index contributed by atoms with van der Waals surface area (Å²) in [6.45, 7) is 0.871. The molecule has 0 saturated heterocycles. The van der Waals surface area contributed by atoms with Crippen LogP contribution < -0.4 is 20.3 Å². The lowest BCUT2D eigenvalue weighted by Gasteiger charge is -2.30. The molecule has 3 aromatic rings. The lowest BCUT2D eigenvalue weighted by Crippen LogP contribution is -2.37. The highest BCUT2D eigenvalue weighted by atomic mass is 16.5. The molecule has 5 rings (SSSR count). The van der Waals surface area contributed by atoms with Crippen LogP contribution in [0.1, 0.15) is 55.3 Å². The van der Waals surface area contributed by atoms with Crippen LogP contribution in [0.5, 0.6) is 5.75 Å². The van der Waals surface area contributed by atoms with Gasteiger partial charge in [0.15, 0.2) is 0 Å². The van der Waals surface area contributed by atoms with Crippen molar-refractivity contribution in [1.29, 1.82) is 0 Å². The zero-order chi connectivity index (χ0) is 22.8. The fraction of sp³-hybridized carbons (Fsp3) is 0.538. The second kappa shape index (κ2) is 9.59. The highest BCUT2D eigenvalue weighted by Gasteiger charge is 2.24. The highest BCUT2D eigenvalue weighted by Crippen LogP contribution is 2.30. The molecule has 2 heterocycles. The molecule has 7 heteroatoms. The van der Waals surface area contributed by atoms with Crippen molar-refractivity contribution in [1.82, 2.24) is 20.3 Å². The number of benzene rings is 1. The molecule has 0 radical (unpaired) electrons. The molecule has 0 spiro atoms. The van der Waals surface area contributed by atoms with E-state index in [0.29, 0.717) is 12.1 Å². The Bertz CT molecular complexity index is 1100. The van der Waals surface area contributed by atoms with Gasteiger partial charge in [0, 0.05) is 55.4 Å². The Morgan fingerprint density at radius 2 is 1.85 bits per heavy atom. The molecule has 3 N–H and O–H groups in total. The summed E-state index contributed by atoms with van der Waals surface area (Å²) in [5.41, 5.74) is 5.04. The smallest absolute Gasteiger partial charge is 0.225 e. The van der Waals surface area contributed by atoms with E-state index in [0.717, 1.165) is 68.1 Å². The minimum absolute atomic E-state index is 0.442. The van der Waals surface area contributed by atoms with E-state index in [1.807, 2.05) is 6.07 Å². The molecule has 1 aromatic carbocycles. The zero-order valence-corrected chi connectivity index (χ0v) is 20.1. The molecule has 0 unspecified atom stereocenters. The predicted molar refractivity (Wildman–Crippen MR) is 134 cm³/mol. The Balaban J connectivity index is 1.17. The number of H-pyrrole nitrogens is 1. The average molecular weight is 449 g/mol. The van der Waals surface area contributed by atoms with E-state index in [1.54, 1.807) is 7.11 Å². The van der Waals surface area contributed by atoms with E-state index in [2.05, 4.69) is 52.9 Å². The third kappa shape index (κ3) is 4.78. The molecule has 1 saturated carbocycles. The number of nitrogens with one attached hydrogen (secondary N) is 3. The second-order valence-corrected chi connectivity index (χ2v) is 9.70. The molecule has 33 heavy (non-hydrogen) atoms. The van der Waals surface area contributed by atoms with E-state index >= 15 is 0 Å². The molecule has 0 bridgehead atoms. The fourth-order valence-electron chi connectivity index (χ4n) is 5.32. The van der Waals surface area contributed by atoms with Gasteiger partial charge in [-0.25, -0.2) is 4.98 Å². The molecule has 0 aliphatic heterocycles. The van der Waals surface area contributed by atoms with Gasteiger partial charge in [-0.1, -0.05) is 0 Å². The molecular formula is C26H36N6O. The van der Waals surface area contributed by atoms with Gasteiger partial charge < -0.3 is 25.3 Å². The van der Waals surface area contributed by atoms with Gasteiger partial charge in [-0.05, 0) is 75.1 Å². The summed E-state index contributed by atoms with van der Waals surface area (Å²) >= 11 is 0. The number of fused-ring (bicyclic) bond motifs is 2. The highest BCUT2D eigenvalue weighted by molar-refractivity contribution is 5.84. The number of anilines is 2. The molecule has 0 atom stereocenters. The first kappa shape index (κ1) is 22.0. The van der Waals surface area contributed by atoms with E-state index in [-0.39, 0.29) is 0 Å². The minimum atomic E-state index is 0.442. The van der Waals surface area contributed by atoms with Crippen molar-refractivity contribution >= 4 is 22.7 Å². The van der Waals surface area contributed by atoms with E-state index < -0.39 is 0 Å². The Kier molecular flexibility index (Phi) is 6.40. The molecule has 2 aromatic heterocycles. The van der Waals surface area contributed by atoms with Crippen LogP contribution in [-0.4, -0.2) is 48.2 Å². The molecular weight excluding hydrogens is 412 g/mol. The molecule has 176 valence electrons. The average Bonchev–Trinajstić information content (AvgIpc) is 3.25. The molecule has 2 aliphatic carbocycles. The molecule has 7 nitrogen and oxygen atoms in total. The molecule has 2 aliphatic rings. The van der Waals surface area contributed by atoms with Gasteiger partial charge in [-0.3, -0.25) is 0 Å². The largest absolute Gasteiger partial charge is 0.497 e. The first-order valence-electron chi connectivity index (χ1n) is 12.3. The summed E-state index contributed by atoms with van der Waals surface area (Å²) in [7, 11) is 5.89. The van der Waals surface area contributed by atoms with Gasteiger partial charge in [-0.15, -0.1) is 0 Å². The van der Waals surface area contributed by atoms with Crippen LogP contribution in [0.15, 0.2) is 24.4 Å². The van der Waals surface area contributed by atoms with Crippen LogP contribution in [0.25, 0.3) is 10.9 Å². The maximum absolute atomic E-state index is 5.40. The Labute approximate surface area is 196 Å². The third-order valence-corrected chi connectivity index (χ3v) is 7.20. The maximum atomic E-state index is 5.40. The van der Waals surface area contributed by atoms with Crippen molar-refractivity contribution in [3.63, 3.8) is 0 Å². The lowest BCUT2D eigenvalue weighted by atomic mass is 9.91. The summed E-state index contributed by atoms with van der Waals surface area (Å²) in [5, 5.41) is 8.67. The number of hydrogen-bond donors (Lipinski definition) is 3. The first-order chi connectivity index (χ1) is 16.1. The Morgan fingerprint density at radius 1 is 1.06 bits per heavy atom. The minimum Gasteiger partial charge on any atom is -0.497 e. The maximum Gasteiger partial charge on any atom is 0.225 e. The predicted octanol–water partition coefficient (Wildman–Crippen LogP) is 4.42. The van der Waals surface area contributed by atoms with Crippen molar-refractivity contribution < 1.29 is 4.74 Å². The Hall–Kier alpha value is -2.80. The van der Waals surface area contributed by atoms with Crippen molar-refractivity contribution in [2.45, 2.75) is 70.0 Å². The van der Waals surface area contributed by atoms with Crippen molar-refractivity contribution in [3.8, 4) is 5.75 Å². The normalized spacial score (nSPS) is 20.5. The van der Waals surface area contributed by atoms with Gasteiger partial charge in [-0.2, -0.15) is 4.98 Å².